The molecule has 3 rings (SSSR count). The van der Waals surface area contributed by atoms with Crippen LogP contribution in [0.5, 0.6) is 0 Å². The second-order valence-electron chi connectivity index (χ2n) is 5.10. The zero-order valence-electron chi connectivity index (χ0n) is 11.9. The van der Waals surface area contributed by atoms with Crippen LogP contribution in [-0.4, -0.2) is 16.1 Å². The maximum absolute atomic E-state index is 12.9. The highest BCUT2D eigenvalue weighted by Crippen LogP contribution is 2.33. The quantitative estimate of drug-likeness (QED) is 0.684. The maximum Gasteiger partial charge on any atom is 0.416 e. The van der Waals surface area contributed by atoms with Gasteiger partial charge < -0.3 is 5.11 Å². The molecule has 2 aromatic carbocycles. The van der Waals surface area contributed by atoms with E-state index in [-0.39, 0.29) is 16.5 Å². The van der Waals surface area contributed by atoms with E-state index in [1.165, 1.54) is 12.1 Å². The van der Waals surface area contributed by atoms with Crippen LogP contribution in [0.4, 0.5) is 13.2 Å². The average Bonchev–Trinajstić information content (AvgIpc) is 2.53. The zero-order chi connectivity index (χ0) is 17.5. The molecule has 0 saturated heterocycles. The highest BCUT2D eigenvalue weighted by Gasteiger charge is 2.31. The predicted molar refractivity (Wildman–Crippen MR) is 84.2 cm³/mol. The molecule has 0 saturated carbocycles. The first kappa shape index (κ1) is 16.3. The number of carboxylic acid groups (broad SMARTS) is 1. The molecular weight excluding hydrogens is 343 g/mol. The molecule has 3 nitrogen and oxygen atoms in total. The number of aromatic carboxylic acids is 1. The number of carbonyl (C=O) groups is 1. The topological polar surface area (TPSA) is 50.2 Å². The van der Waals surface area contributed by atoms with Gasteiger partial charge in [0, 0.05) is 16.0 Å². The maximum atomic E-state index is 12.9. The molecule has 0 radical (unpaired) electrons. The normalized spacial score (nSPS) is 11.7. The molecule has 1 aromatic heterocycles. The van der Waals surface area contributed by atoms with E-state index in [4.69, 9.17) is 11.6 Å². The fourth-order valence-electron chi connectivity index (χ4n) is 2.35. The van der Waals surface area contributed by atoms with Gasteiger partial charge in [-0.2, -0.15) is 13.2 Å². The highest BCUT2D eigenvalue weighted by atomic mass is 35.5. The third-order valence-electron chi connectivity index (χ3n) is 3.51. The molecule has 0 aliphatic rings. The van der Waals surface area contributed by atoms with Crippen LogP contribution < -0.4 is 0 Å². The molecule has 122 valence electrons. The van der Waals surface area contributed by atoms with Crippen molar-refractivity contribution in [2.24, 2.45) is 0 Å². The van der Waals surface area contributed by atoms with Gasteiger partial charge in [-0.1, -0.05) is 23.7 Å². The summed E-state index contributed by atoms with van der Waals surface area (Å²) >= 11 is 5.81. The van der Waals surface area contributed by atoms with Crippen LogP contribution in [-0.2, 0) is 6.18 Å². The summed E-state index contributed by atoms with van der Waals surface area (Å²) < 4.78 is 38.6. The van der Waals surface area contributed by atoms with Gasteiger partial charge in [0.25, 0.3) is 0 Å². The Labute approximate surface area is 139 Å². The van der Waals surface area contributed by atoms with Crippen LogP contribution in [0.3, 0.4) is 0 Å². The fraction of sp³-hybridized carbons (Fsp3) is 0.0588. The van der Waals surface area contributed by atoms with E-state index in [9.17, 15) is 23.1 Å². The van der Waals surface area contributed by atoms with Crippen molar-refractivity contribution >= 4 is 28.5 Å². The van der Waals surface area contributed by atoms with Crippen molar-refractivity contribution in [1.29, 1.82) is 0 Å². The van der Waals surface area contributed by atoms with E-state index in [1.807, 2.05) is 0 Å². The SMILES string of the molecule is O=C(O)c1cc(-c2ccc(Cl)cc2)nc2ccc(C(F)(F)F)cc12. The molecule has 0 fully saturated rings. The van der Waals surface area contributed by atoms with Gasteiger partial charge in [0.1, 0.15) is 0 Å². The van der Waals surface area contributed by atoms with Crippen molar-refractivity contribution in [1.82, 2.24) is 4.98 Å². The Morgan fingerprint density at radius 3 is 2.29 bits per heavy atom. The Morgan fingerprint density at radius 1 is 1.04 bits per heavy atom. The summed E-state index contributed by atoms with van der Waals surface area (Å²) in [5.74, 6) is -1.32. The summed E-state index contributed by atoms with van der Waals surface area (Å²) in [4.78, 5) is 15.8. The van der Waals surface area contributed by atoms with Gasteiger partial charge >= 0.3 is 12.1 Å². The summed E-state index contributed by atoms with van der Waals surface area (Å²) in [5, 5.41) is 9.81. The summed E-state index contributed by atoms with van der Waals surface area (Å²) in [7, 11) is 0. The summed E-state index contributed by atoms with van der Waals surface area (Å²) in [6.07, 6.45) is -4.56. The lowest BCUT2D eigenvalue weighted by atomic mass is 10.0. The zero-order valence-corrected chi connectivity index (χ0v) is 12.7. The smallest absolute Gasteiger partial charge is 0.416 e. The lowest BCUT2D eigenvalue weighted by Crippen LogP contribution is -2.06. The van der Waals surface area contributed by atoms with Crippen molar-refractivity contribution in [3.05, 3.63) is 64.7 Å². The van der Waals surface area contributed by atoms with E-state index in [2.05, 4.69) is 4.98 Å². The van der Waals surface area contributed by atoms with Crippen molar-refractivity contribution in [3.63, 3.8) is 0 Å². The third kappa shape index (κ3) is 3.05. The van der Waals surface area contributed by atoms with Crippen molar-refractivity contribution in [3.8, 4) is 11.3 Å². The molecule has 0 bridgehead atoms. The van der Waals surface area contributed by atoms with Crippen LogP contribution in [0.15, 0.2) is 48.5 Å². The van der Waals surface area contributed by atoms with Crippen LogP contribution in [0.1, 0.15) is 15.9 Å². The Kier molecular flexibility index (Phi) is 3.93. The molecule has 0 aliphatic heterocycles. The second-order valence-corrected chi connectivity index (χ2v) is 5.53. The lowest BCUT2D eigenvalue weighted by Gasteiger charge is -2.11. The minimum Gasteiger partial charge on any atom is -0.478 e. The first-order valence-corrected chi connectivity index (χ1v) is 7.15. The molecule has 0 unspecified atom stereocenters. The number of pyridine rings is 1. The summed E-state index contributed by atoms with van der Waals surface area (Å²) in [6, 6.07) is 10.7. The molecular formula is C17H9ClF3NO2. The number of hydrogen-bond acceptors (Lipinski definition) is 2. The van der Waals surface area contributed by atoms with E-state index >= 15 is 0 Å². The van der Waals surface area contributed by atoms with E-state index < -0.39 is 17.7 Å². The van der Waals surface area contributed by atoms with Gasteiger partial charge in [-0.25, -0.2) is 9.78 Å². The number of aromatic nitrogens is 1. The molecule has 1 N–H and O–H groups in total. The van der Waals surface area contributed by atoms with E-state index in [0.717, 1.165) is 12.1 Å². The monoisotopic (exact) mass is 351 g/mol. The fourth-order valence-corrected chi connectivity index (χ4v) is 2.47. The summed E-state index contributed by atoms with van der Waals surface area (Å²) in [6.45, 7) is 0. The molecule has 7 heteroatoms. The highest BCUT2D eigenvalue weighted by molar-refractivity contribution is 6.30. The molecule has 0 aliphatic carbocycles. The molecule has 0 spiro atoms. The minimum absolute atomic E-state index is 0.0601. The van der Waals surface area contributed by atoms with Crippen LogP contribution in [0.25, 0.3) is 22.2 Å². The van der Waals surface area contributed by atoms with Crippen LogP contribution in [0, 0.1) is 0 Å². The van der Waals surface area contributed by atoms with Gasteiger partial charge in [0.2, 0.25) is 0 Å². The number of fused-ring (bicyclic) bond motifs is 1. The van der Waals surface area contributed by atoms with E-state index in [0.29, 0.717) is 16.3 Å². The Balaban J connectivity index is 2.25. The average molecular weight is 352 g/mol. The number of benzene rings is 2. The van der Waals surface area contributed by atoms with Crippen LogP contribution in [0.2, 0.25) is 5.02 Å². The molecule has 24 heavy (non-hydrogen) atoms. The van der Waals surface area contributed by atoms with Crippen molar-refractivity contribution < 1.29 is 23.1 Å². The van der Waals surface area contributed by atoms with Crippen molar-refractivity contribution in [2.75, 3.05) is 0 Å². The third-order valence-corrected chi connectivity index (χ3v) is 3.76. The predicted octanol–water partition coefficient (Wildman–Crippen LogP) is 5.27. The minimum atomic E-state index is -4.56. The van der Waals surface area contributed by atoms with E-state index in [1.54, 1.807) is 24.3 Å². The Morgan fingerprint density at radius 2 is 1.71 bits per heavy atom. The molecule has 3 aromatic rings. The number of alkyl halides is 3. The van der Waals surface area contributed by atoms with Gasteiger partial charge in [-0.05, 0) is 36.4 Å². The first-order valence-electron chi connectivity index (χ1n) is 6.77. The first-order chi connectivity index (χ1) is 11.3. The van der Waals surface area contributed by atoms with Gasteiger partial charge in [0.15, 0.2) is 0 Å². The number of hydrogen-bond donors (Lipinski definition) is 1. The molecule has 0 atom stereocenters. The number of nitrogens with zero attached hydrogens (tertiary/aromatic N) is 1. The van der Waals surface area contributed by atoms with Gasteiger partial charge in [-0.15, -0.1) is 0 Å². The van der Waals surface area contributed by atoms with Gasteiger partial charge in [-0.3, -0.25) is 0 Å². The molecule has 1 heterocycles. The largest absolute Gasteiger partial charge is 0.478 e. The standard InChI is InChI=1S/C17H9ClF3NO2/c18-11-4-1-9(2-5-11)15-8-13(16(23)24)12-7-10(17(19,20)21)3-6-14(12)22-15/h1-8H,(H,23,24). The van der Waals surface area contributed by atoms with Crippen LogP contribution >= 0.6 is 11.6 Å². The number of halogens is 4. The second kappa shape index (κ2) is 5.79. The summed E-state index contributed by atoms with van der Waals surface area (Å²) in [5.41, 5.74) is -0.0255. The number of carboxylic acids is 1. The Bertz CT molecular complexity index is 937. The Hall–Kier alpha value is -2.60. The van der Waals surface area contributed by atoms with Crippen molar-refractivity contribution in [2.45, 2.75) is 6.18 Å². The van der Waals surface area contributed by atoms with Gasteiger partial charge in [0.05, 0.1) is 22.3 Å². The lowest BCUT2D eigenvalue weighted by molar-refractivity contribution is -0.137. The molecule has 0 amide bonds. The number of rotatable bonds is 2.